The predicted octanol–water partition coefficient (Wildman–Crippen LogP) is -0.479. The second-order valence-corrected chi connectivity index (χ2v) is 1.80. The van der Waals surface area contributed by atoms with Gasteiger partial charge >= 0.3 is 0 Å². The first-order valence-electron chi connectivity index (χ1n) is 2.70. The molecule has 1 heterocycles. The van der Waals surface area contributed by atoms with Crippen molar-refractivity contribution in [2.45, 2.75) is 13.0 Å². The molecule has 1 saturated heterocycles. The summed E-state index contributed by atoms with van der Waals surface area (Å²) in [6.45, 7) is 3.05. The van der Waals surface area contributed by atoms with Crippen molar-refractivity contribution in [2.75, 3.05) is 13.2 Å². The largest absolute Gasteiger partial charge is 0.367 e. The Labute approximate surface area is 48.0 Å². The molecule has 8 heavy (non-hydrogen) atoms. The van der Waals surface area contributed by atoms with Gasteiger partial charge < -0.3 is 10.1 Å². The highest BCUT2D eigenvalue weighted by Crippen LogP contribution is 1.93. The van der Waals surface area contributed by atoms with Crippen LogP contribution in [0.5, 0.6) is 0 Å². The second-order valence-electron chi connectivity index (χ2n) is 1.80. The maximum atomic E-state index is 10.6. The molecule has 3 heteroatoms. The summed E-state index contributed by atoms with van der Waals surface area (Å²) in [5.74, 6) is -0.00347. The van der Waals surface area contributed by atoms with Crippen molar-refractivity contribution < 1.29 is 9.53 Å². The zero-order chi connectivity index (χ0) is 5.98. The Kier molecular flexibility index (Phi) is 1.48. The lowest BCUT2D eigenvalue weighted by Crippen LogP contribution is -2.42. The van der Waals surface area contributed by atoms with Crippen LogP contribution in [0.4, 0.5) is 0 Å². The minimum Gasteiger partial charge on any atom is -0.367 e. The molecule has 3 nitrogen and oxygen atoms in total. The minimum atomic E-state index is -0.247. The number of rotatable bonds is 0. The zero-order valence-corrected chi connectivity index (χ0v) is 4.81. The van der Waals surface area contributed by atoms with Crippen molar-refractivity contribution in [2.24, 2.45) is 0 Å². The Hall–Kier alpha value is -0.570. The third-order valence-corrected chi connectivity index (χ3v) is 1.14. The fourth-order valence-corrected chi connectivity index (χ4v) is 0.629. The van der Waals surface area contributed by atoms with Crippen molar-refractivity contribution in [3.05, 3.63) is 0 Å². The van der Waals surface area contributed by atoms with E-state index in [-0.39, 0.29) is 12.0 Å². The third-order valence-electron chi connectivity index (χ3n) is 1.14. The molecule has 0 aromatic heterocycles. The fourth-order valence-electron chi connectivity index (χ4n) is 0.629. The van der Waals surface area contributed by atoms with Crippen LogP contribution in [0.1, 0.15) is 6.92 Å². The molecule has 0 aromatic carbocycles. The summed E-state index contributed by atoms with van der Waals surface area (Å²) in [5, 5.41) is 2.67. The topological polar surface area (TPSA) is 38.3 Å². The summed E-state index contributed by atoms with van der Waals surface area (Å²) in [7, 11) is 0. The molecule has 0 radical (unpaired) electrons. The second kappa shape index (κ2) is 2.13. The lowest BCUT2D eigenvalue weighted by molar-refractivity contribution is -0.136. The van der Waals surface area contributed by atoms with E-state index in [0.29, 0.717) is 13.2 Å². The van der Waals surface area contributed by atoms with Gasteiger partial charge in [0.05, 0.1) is 6.61 Å². The lowest BCUT2D eigenvalue weighted by Gasteiger charge is -2.18. The van der Waals surface area contributed by atoms with Crippen LogP contribution < -0.4 is 5.32 Å². The van der Waals surface area contributed by atoms with E-state index < -0.39 is 0 Å². The molecule has 0 saturated carbocycles. The molecule has 46 valence electrons. The van der Waals surface area contributed by atoms with E-state index in [1.165, 1.54) is 0 Å². The molecule has 1 N–H and O–H groups in total. The number of carbonyl (C=O) groups excluding carboxylic acids is 1. The monoisotopic (exact) mass is 115 g/mol. The van der Waals surface area contributed by atoms with Crippen LogP contribution in [-0.2, 0) is 9.53 Å². The number of ether oxygens (including phenoxy) is 1. The smallest absolute Gasteiger partial charge is 0.248 e. The van der Waals surface area contributed by atoms with E-state index >= 15 is 0 Å². The summed E-state index contributed by atoms with van der Waals surface area (Å²) in [5.41, 5.74) is 0. The average Bonchev–Trinajstić information content (AvgIpc) is 1.77. The summed E-state index contributed by atoms with van der Waals surface area (Å²) in [6, 6.07) is 0. The molecule has 0 aromatic rings. The number of hydrogen-bond acceptors (Lipinski definition) is 2. The van der Waals surface area contributed by atoms with Crippen molar-refractivity contribution in [3.63, 3.8) is 0 Å². The summed E-state index contributed by atoms with van der Waals surface area (Å²) in [6.07, 6.45) is -0.247. The molecule has 1 atom stereocenters. The maximum Gasteiger partial charge on any atom is 0.248 e. The molecule has 1 rings (SSSR count). The van der Waals surface area contributed by atoms with Gasteiger partial charge in [0.15, 0.2) is 0 Å². The van der Waals surface area contributed by atoms with Crippen LogP contribution in [0.25, 0.3) is 0 Å². The Morgan fingerprint density at radius 2 is 2.62 bits per heavy atom. The summed E-state index contributed by atoms with van der Waals surface area (Å²) in [4.78, 5) is 10.6. The highest BCUT2D eigenvalue weighted by Gasteiger charge is 2.15. The molecule has 1 unspecified atom stereocenters. The van der Waals surface area contributed by atoms with Crippen LogP contribution in [0.3, 0.4) is 0 Å². The number of amides is 1. The van der Waals surface area contributed by atoms with E-state index in [0.717, 1.165) is 0 Å². The van der Waals surface area contributed by atoms with Crippen LogP contribution in [-0.4, -0.2) is 25.2 Å². The quantitative estimate of drug-likeness (QED) is 0.463. The summed E-state index contributed by atoms with van der Waals surface area (Å²) >= 11 is 0. The van der Waals surface area contributed by atoms with E-state index in [9.17, 15) is 4.79 Å². The number of hydrogen-bond donors (Lipinski definition) is 1. The number of morpholine rings is 1. The minimum absolute atomic E-state index is 0.00347. The van der Waals surface area contributed by atoms with Gasteiger partial charge in [-0.2, -0.15) is 0 Å². The van der Waals surface area contributed by atoms with Crippen molar-refractivity contribution in [3.8, 4) is 0 Å². The SMILES string of the molecule is CC1OCCNC1=O. The molecular formula is C5H9NO2. The Morgan fingerprint density at radius 1 is 1.88 bits per heavy atom. The van der Waals surface area contributed by atoms with Crippen LogP contribution in [0, 0.1) is 0 Å². The fraction of sp³-hybridized carbons (Fsp3) is 0.800. The first-order valence-corrected chi connectivity index (χ1v) is 2.70. The van der Waals surface area contributed by atoms with Gasteiger partial charge in [-0.15, -0.1) is 0 Å². The molecular weight excluding hydrogens is 106 g/mol. The number of carbonyl (C=O) groups is 1. The normalized spacial score (nSPS) is 29.6. The van der Waals surface area contributed by atoms with E-state index in [4.69, 9.17) is 4.74 Å². The molecule has 1 aliphatic heterocycles. The number of nitrogens with one attached hydrogen (secondary N) is 1. The van der Waals surface area contributed by atoms with E-state index in [1.807, 2.05) is 0 Å². The van der Waals surface area contributed by atoms with Crippen LogP contribution >= 0.6 is 0 Å². The molecule has 0 aliphatic carbocycles. The Bertz CT molecular complexity index is 103. The standard InChI is InChI=1S/C5H9NO2/c1-4-5(7)6-2-3-8-4/h4H,2-3H2,1H3,(H,6,7). The Morgan fingerprint density at radius 3 is 3.00 bits per heavy atom. The third kappa shape index (κ3) is 0.980. The van der Waals surface area contributed by atoms with Gasteiger partial charge in [0.25, 0.3) is 0 Å². The molecule has 0 bridgehead atoms. The molecule has 1 aliphatic rings. The van der Waals surface area contributed by atoms with Crippen LogP contribution in [0.2, 0.25) is 0 Å². The predicted molar refractivity (Wildman–Crippen MR) is 28.4 cm³/mol. The molecule has 1 amide bonds. The highest BCUT2D eigenvalue weighted by molar-refractivity contribution is 5.80. The summed E-state index contributed by atoms with van der Waals surface area (Å²) < 4.78 is 4.98. The van der Waals surface area contributed by atoms with Crippen molar-refractivity contribution in [1.82, 2.24) is 5.32 Å². The maximum absolute atomic E-state index is 10.6. The zero-order valence-electron chi connectivity index (χ0n) is 4.81. The van der Waals surface area contributed by atoms with Gasteiger partial charge in [0.2, 0.25) is 5.91 Å². The van der Waals surface area contributed by atoms with Gasteiger partial charge in [-0.1, -0.05) is 0 Å². The van der Waals surface area contributed by atoms with Crippen LogP contribution in [0.15, 0.2) is 0 Å². The molecule has 1 fully saturated rings. The van der Waals surface area contributed by atoms with Gasteiger partial charge in [0.1, 0.15) is 6.10 Å². The van der Waals surface area contributed by atoms with Crippen molar-refractivity contribution >= 4 is 5.91 Å². The van der Waals surface area contributed by atoms with Crippen molar-refractivity contribution in [1.29, 1.82) is 0 Å². The lowest BCUT2D eigenvalue weighted by atomic mass is 10.3. The average molecular weight is 115 g/mol. The molecule has 0 spiro atoms. The first-order chi connectivity index (χ1) is 3.80. The first kappa shape index (κ1) is 5.56. The van der Waals surface area contributed by atoms with Gasteiger partial charge in [-0.05, 0) is 6.92 Å². The highest BCUT2D eigenvalue weighted by atomic mass is 16.5. The van der Waals surface area contributed by atoms with Gasteiger partial charge in [-0.25, -0.2) is 0 Å². The Balaban J connectivity index is 2.39. The van der Waals surface area contributed by atoms with Gasteiger partial charge in [0, 0.05) is 6.54 Å². The van der Waals surface area contributed by atoms with E-state index in [2.05, 4.69) is 5.32 Å². The van der Waals surface area contributed by atoms with Gasteiger partial charge in [-0.3, -0.25) is 4.79 Å². The van der Waals surface area contributed by atoms with E-state index in [1.54, 1.807) is 6.92 Å².